The van der Waals surface area contributed by atoms with Gasteiger partial charge in [-0.25, -0.2) is 0 Å². The number of rotatable bonds is 3. The number of nitrogens with zero attached hydrogens (tertiary/aromatic N) is 3. The lowest BCUT2D eigenvalue weighted by Crippen LogP contribution is -2.47. The Hall–Kier alpha value is -1.88. The normalized spacial score (nSPS) is 23.5. The third kappa shape index (κ3) is 3.61. The van der Waals surface area contributed by atoms with Gasteiger partial charge < -0.3 is 14.7 Å². The van der Waals surface area contributed by atoms with Crippen LogP contribution in [0.15, 0.2) is 24.3 Å². The van der Waals surface area contributed by atoms with E-state index in [1.807, 2.05) is 42.1 Å². The average molecular weight is 329 g/mol. The van der Waals surface area contributed by atoms with Crippen LogP contribution in [0, 0.1) is 5.92 Å². The van der Waals surface area contributed by atoms with Crippen molar-refractivity contribution in [2.24, 2.45) is 5.92 Å². The molecule has 24 heavy (non-hydrogen) atoms. The third-order valence-electron chi connectivity index (χ3n) is 5.09. The van der Waals surface area contributed by atoms with E-state index in [-0.39, 0.29) is 17.9 Å². The lowest BCUT2D eigenvalue weighted by molar-refractivity contribution is -0.129. The molecule has 3 aliphatic rings. The van der Waals surface area contributed by atoms with E-state index in [4.69, 9.17) is 0 Å². The SMILES string of the molecule is CC(=O)N1C[C@@H]2CC[C@H](C1)N(C(=O)c1cccc(CN(C)C)c1)C2. The molecule has 0 aliphatic carbocycles. The summed E-state index contributed by atoms with van der Waals surface area (Å²) in [5.74, 6) is 0.631. The predicted molar refractivity (Wildman–Crippen MR) is 93.6 cm³/mol. The molecular weight excluding hydrogens is 302 g/mol. The maximum absolute atomic E-state index is 13.1. The molecule has 5 heteroatoms. The van der Waals surface area contributed by atoms with Crippen LogP contribution in [0.2, 0.25) is 0 Å². The van der Waals surface area contributed by atoms with Crippen molar-refractivity contribution in [3.63, 3.8) is 0 Å². The largest absolute Gasteiger partial charge is 0.341 e. The van der Waals surface area contributed by atoms with Crippen molar-refractivity contribution in [3.05, 3.63) is 35.4 Å². The van der Waals surface area contributed by atoms with E-state index in [1.165, 1.54) is 0 Å². The molecule has 3 aliphatic heterocycles. The standard InChI is InChI=1S/C19H27N3O2/c1-14(23)21-11-16-7-8-18(13-21)22(12-16)19(24)17-6-4-5-15(9-17)10-20(2)3/h4-6,9,16,18H,7-8,10-13H2,1-3H3/t16-,18+/m0/s1. The van der Waals surface area contributed by atoms with Gasteiger partial charge in [-0.15, -0.1) is 0 Å². The van der Waals surface area contributed by atoms with E-state index in [0.717, 1.165) is 43.6 Å². The first-order chi connectivity index (χ1) is 11.4. The van der Waals surface area contributed by atoms with E-state index >= 15 is 0 Å². The Kier molecular flexibility index (Phi) is 4.90. The van der Waals surface area contributed by atoms with Crippen LogP contribution in [0.3, 0.4) is 0 Å². The Bertz CT molecular complexity index is 629. The minimum atomic E-state index is 0.107. The summed E-state index contributed by atoms with van der Waals surface area (Å²) in [4.78, 5) is 30.9. The van der Waals surface area contributed by atoms with Crippen molar-refractivity contribution in [2.75, 3.05) is 33.7 Å². The van der Waals surface area contributed by atoms with Gasteiger partial charge in [0.15, 0.2) is 0 Å². The molecule has 1 aromatic carbocycles. The van der Waals surface area contributed by atoms with E-state index in [1.54, 1.807) is 6.92 Å². The van der Waals surface area contributed by atoms with Gasteiger partial charge in [0.05, 0.1) is 0 Å². The topological polar surface area (TPSA) is 43.9 Å². The van der Waals surface area contributed by atoms with Crippen molar-refractivity contribution in [2.45, 2.75) is 32.4 Å². The van der Waals surface area contributed by atoms with Crippen molar-refractivity contribution in [3.8, 4) is 0 Å². The Labute approximate surface area is 144 Å². The maximum atomic E-state index is 13.1. The zero-order valence-corrected chi connectivity index (χ0v) is 14.9. The second kappa shape index (κ2) is 6.93. The highest BCUT2D eigenvalue weighted by atomic mass is 16.2. The molecule has 3 fully saturated rings. The van der Waals surface area contributed by atoms with Crippen molar-refractivity contribution in [1.29, 1.82) is 0 Å². The molecule has 2 amide bonds. The second-order valence-corrected chi connectivity index (χ2v) is 7.42. The molecule has 2 bridgehead atoms. The van der Waals surface area contributed by atoms with Gasteiger partial charge in [-0.05, 0) is 50.6 Å². The molecular formula is C19H27N3O2. The Morgan fingerprint density at radius 2 is 1.96 bits per heavy atom. The maximum Gasteiger partial charge on any atom is 0.254 e. The van der Waals surface area contributed by atoms with Gasteiger partial charge in [-0.1, -0.05) is 12.1 Å². The molecule has 0 unspecified atom stereocenters. The molecule has 130 valence electrons. The predicted octanol–water partition coefficient (Wildman–Crippen LogP) is 1.83. The quantitative estimate of drug-likeness (QED) is 0.850. The molecule has 1 aromatic rings. The molecule has 3 heterocycles. The zero-order chi connectivity index (χ0) is 17.3. The van der Waals surface area contributed by atoms with Gasteiger partial charge in [0.1, 0.15) is 0 Å². The number of carbonyl (C=O) groups excluding carboxylic acids is 2. The Morgan fingerprint density at radius 1 is 1.17 bits per heavy atom. The van der Waals surface area contributed by atoms with Crippen LogP contribution < -0.4 is 0 Å². The molecule has 0 saturated carbocycles. The van der Waals surface area contributed by atoms with Crippen molar-refractivity contribution in [1.82, 2.24) is 14.7 Å². The minimum Gasteiger partial charge on any atom is -0.341 e. The van der Waals surface area contributed by atoms with Crippen LogP contribution in [0.1, 0.15) is 35.7 Å². The fraction of sp³-hybridized carbons (Fsp3) is 0.579. The number of hydrogen-bond donors (Lipinski definition) is 0. The van der Waals surface area contributed by atoms with Crippen LogP contribution in [0.25, 0.3) is 0 Å². The number of hydrogen-bond acceptors (Lipinski definition) is 3. The fourth-order valence-corrected chi connectivity index (χ4v) is 3.92. The summed E-state index contributed by atoms with van der Waals surface area (Å²) in [5.41, 5.74) is 1.91. The zero-order valence-electron chi connectivity index (χ0n) is 14.9. The third-order valence-corrected chi connectivity index (χ3v) is 5.09. The molecule has 5 nitrogen and oxygen atoms in total. The number of fused-ring (bicyclic) bond motifs is 4. The van der Waals surface area contributed by atoms with Crippen LogP contribution in [0.4, 0.5) is 0 Å². The summed E-state index contributed by atoms with van der Waals surface area (Å²) in [7, 11) is 4.05. The highest BCUT2D eigenvalue weighted by molar-refractivity contribution is 5.94. The highest BCUT2D eigenvalue weighted by Crippen LogP contribution is 2.29. The summed E-state index contributed by atoms with van der Waals surface area (Å²) < 4.78 is 0. The molecule has 2 atom stereocenters. The minimum absolute atomic E-state index is 0.107. The van der Waals surface area contributed by atoms with E-state index < -0.39 is 0 Å². The molecule has 4 rings (SSSR count). The van der Waals surface area contributed by atoms with Gasteiger partial charge >= 0.3 is 0 Å². The average Bonchev–Trinajstić information content (AvgIpc) is 2.86. The van der Waals surface area contributed by atoms with E-state index in [9.17, 15) is 9.59 Å². The van der Waals surface area contributed by atoms with Crippen LogP contribution >= 0.6 is 0 Å². The van der Waals surface area contributed by atoms with Gasteiger partial charge in [0.25, 0.3) is 5.91 Å². The first-order valence-corrected chi connectivity index (χ1v) is 8.74. The molecule has 0 N–H and O–H groups in total. The summed E-state index contributed by atoms with van der Waals surface area (Å²) in [5, 5.41) is 0. The second-order valence-electron chi connectivity index (χ2n) is 7.42. The number of piperidine rings is 1. The van der Waals surface area contributed by atoms with Gasteiger partial charge in [-0.3, -0.25) is 9.59 Å². The van der Waals surface area contributed by atoms with E-state index in [2.05, 4.69) is 11.0 Å². The summed E-state index contributed by atoms with van der Waals surface area (Å²) in [6, 6.07) is 8.08. The molecule has 0 aromatic heterocycles. The highest BCUT2D eigenvalue weighted by Gasteiger charge is 2.38. The Balaban J connectivity index is 1.79. The van der Waals surface area contributed by atoms with Crippen molar-refractivity contribution < 1.29 is 9.59 Å². The van der Waals surface area contributed by atoms with Crippen LogP contribution in [-0.4, -0.2) is 66.3 Å². The number of carbonyl (C=O) groups is 2. The molecule has 0 spiro atoms. The Morgan fingerprint density at radius 3 is 2.67 bits per heavy atom. The molecule has 3 saturated heterocycles. The smallest absolute Gasteiger partial charge is 0.254 e. The summed E-state index contributed by atoms with van der Waals surface area (Å²) >= 11 is 0. The molecule has 0 radical (unpaired) electrons. The first kappa shape index (κ1) is 17.0. The lowest BCUT2D eigenvalue weighted by atomic mass is 9.94. The monoisotopic (exact) mass is 329 g/mol. The van der Waals surface area contributed by atoms with E-state index in [0.29, 0.717) is 12.5 Å². The van der Waals surface area contributed by atoms with Crippen molar-refractivity contribution >= 4 is 11.8 Å². The van der Waals surface area contributed by atoms with Gasteiger partial charge in [-0.2, -0.15) is 0 Å². The summed E-state index contributed by atoms with van der Waals surface area (Å²) in [6.07, 6.45) is 2.11. The lowest BCUT2D eigenvalue weighted by Gasteiger charge is -2.36. The number of benzene rings is 1. The van der Waals surface area contributed by atoms with Gasteiger partial charge in [0, 0.05) is 44.7 Å². The summed E-state index contributed by atoms with van der Waals surface area (Å²) in [6.45, 7) is 4.68. The first-order valence-electron chi connectivity index (χ1n) is 8.74. The van der Waals surface area contributed by atoms with Crippen LogP contribution in [0.5, 0.6) is 0 Å². The number of amides is 2. The fourth-order valence-electron chi connectivity index (χ4n) is 3.92. The van der Waals surface area contributed by atoms with Crippen LogP contribution in [-0.2, 0) is 11.3 Å². The van der Waals surface area contributed by atoms with Gasteiger partial charge in [0.2, 0.25) is 5.91 Å².